The Bertz CT molecular complexity index is 2940. The lowest BCUT2D eigenvalue weighted by molar-refractivity contribution is -0.182. The SMILES string of the molecule is CC(=O)OC12CCc3cc(c(O)c4c3C3C=CC5(CCCC5C3)O4)CN3CC4(CC3=O)C(c3ccccc3)CCC43C#CCC4CCC5(CCCC5(NC(N)=NC3)SSCC3CCC5(CCC6CCCC63C5)C(CC1)C(O)C2)C4. The van der Waals surface area contributed by atoms with E-state index in [1.54, 1.807) is 6.92 Å². The van der Waals surface area contributed by atoms with E-state index < -0.39 is 28.1 Å². The zero-order valence-electron chi connectivity index (χ0n) is 47.0. The average Bonchev–Trinajstić information content (AvgIpc) is 3.59. The van der Waals surface area contributed by atoms with Gasteiger partial charge >= 0.3 is 5.97 Å². The van der Waals surface area contributed by atoms with Gasteiger partial charge in [0.05, 0.1) is 18.1 Å². The molecule has 9 fully saturated rings. The van der Waals surface area contributed by atoms with E-state index in [2.05, 4.69) is 87.3 Å². The Kier molecular flexibility index (Phi) is 12.4. The lowest BCUT2D eigenvalue weighted by Crippen LogP contribution is -2.57. The van der Waals surface area contributed by atoms with Crippen molar-refractivity contribution in [3.8, 4) is 23.3 Å². The van der Waals surface area contributed by atoms with Crippen molar-refractivity contribution in [1.29, 1.82) is 0 Å². The van der Waals surface area contributed by atoms with E-state index in [1.165, 1.54) is 82.6 Å². The van der Waals surface area contributed by atoms with Gasteiger partial charge in [-0.1, -0.05) is 70.3 Å². The maximum Gasteiger partial charge on any atom is 0.303 e. The van der Waals surface area contributed by atoms with Crippen LogP contribution >= 0.6 is 21.6 Å². The Balaban J connectivity index is 0.864. The number of aliphatic hydroxyl groups excluding tert-OH is 1. The second kappa shape index (κ2) is 18.9. The summed E-state index contributed by atoms with van der Waals surface area (Å²) in [5.74, 6) is 12.8. The Morgan fingerprint density at radius 2 is 1.76 bits per heavy atom. The van der Waals surface area contributed by atoms with Crippen molar-refractivity contribution in [2.45, 2.75) is 221 Å². The minimum absolute atomic E-state index is 0.0731. The molecule has 16 aliphatic rings. The fourth-order valence-corrected chi connectivity index (χ4v) is 26.1. The number of aliphatic hydroxyl groups is 1. The molecule has 2 aromatic carbocycles. The van der Waals surface area contributed by atoms with Gasteiger partial charge in [0.2, 0.25) is 5.91 Å². The molecule has 5 N–H and O–H groups in total. The molecule has 12 heteroatoms. The number of aromatic hydroxyl groups is 1. The fourth-order valence-electron chi connectivity index (χ4n) is 22.1. The summed E-state index contributed by atoms with van der Waals surface area (Å²) in [5.41, 5.74) is 9.54. The van der Waals surface area contributed by atoms with Crippen LogP contribution in [0.15, 0.2) is 53.5 Å². The van der Waals surface area contributed by atoms with Crippen LogP contribution in [0.2, 0.25) is 0 Å². The van der Waals surface area contributed by atoms with Crippen molar-refractivity contribution in [2.75, 3.05) is 18.8 Å². The predicted octanol–water partition coefficient (Wildman–Crippen LogP) is 12.8. The second-order valence-corrected chi connectivity index (χ2v) is 31.5. The van der Waals surface area contributed by atoms with Gasteiger partial charge in [-0.05, 0) is 211 Å². The van der Waals surface area contributed by atoms with Crippen molar-refractivity contribution in [3.05, 3.63) is 70.8 Å². The lowest BCUT2D eigenvalue weighted by atomic mass is 9.44. The minimum Gasteiger partial charge on any atom is -0.504 e. The van der Waals surface area contributed by atoms with Crippen LogP contribution in [0.4, 0.5) is 0 Å². The van der Waals surface area contributed by atoms with E-state index >= 15 is 4.79 Å². The quantitative estimate of drug-likeness (QED) is 0.0992. The third-order valence-corrected chi connectivity index (χ3v) is 28.9. The van der Waals surface area contributed by atoms with Crippen molar-refractivity contribution in [1.82, 2.24) is 10.2 Å². The number of fused-ring (bicyclic) bond motifs is 2. The van der Waals surface area contributed by atoms with E-state index in [9.17, 15) is 15.0 Å². The summed E-state index contributed by atoms with van der Waals surface area (Å²) >= 11 is 0. The molecule has 1 amide bonds. The molecule has 0 radical (unpaired) electrons. The fraction of sp³-hybridized carbons (Fsp3) is 0.716. The van der Waals surface area contributed by atoms with Crippen LogP contribution in [0.3, 0.4) is 0 Å². The summed E-state index contributed by atoms with van der Waals surface area (Å²) < 4.78 is 13.9. The van der Waals surface area contributed by atoms with Crippen LogP contribution in [0.1, 0.15) is 208 Å². The molecule has 8 saturated carbocycles. The molecule has 16 unspecified atom stereocenters. The number of nitrogens with two attached hydrogens (primary N) is 1. The highest BCUT2D eigenvalue weighted by atomic mass is 33.1. The Hall–Kier alpha value is -3.79. The molecule has 10 nitrogen and oxygen atoms in total. The van der Waals surface area contributed by atoms with Gasteiger partial charge in [0.25, 0.3) is 0 Å². The Morgan fingerprint density at radius 1 is 0.911 bits per heavy atom. The first-order valence-corrected chi connectivity index (χ1v) is 33.9. The van der Waals surface area contributed by atoms with Crippen LogP contribution < -0.4 is 15.8 Å². The molecule has 0 aromatic heterocycles. The number of carbonyl (C=O) groups excluding carboxylic acids is 2. The number of nitrogens with zero attached hydrogens (tertiary/aromatic N) is 2. The highest BCUT2D eigenvalue weighted by molar-refractivity contribution is 8.77. The number of hydrogen-bond donors (Lipinski definition) is 4. The Morgan fingerprint density at radius 3 is 2.62 bits per heavy atom. The highest BCUT2D eigenvalue weighted by Crippen LogP contribution is 2.72. The van der Waals surface area contributed by atoms with E-state index in [4.69, 9.17) is 20.2 Å². The average molecular weight is 1110 g/mol. The third-order valence-electron chi connectivity index (χ3n) is 25.6. The number of aliphatic imine (C=N–C) groups is 1. The first-order valence-electron chi connectivity index (χ1n) is 31.6. The Labute approximate surface area is 477 Å². The predicted molar refractivity (Wildman–Crippen MR) is 312 cm³/mol. The summed E-state index contributed by atoms with van der Waals surface area (Å²) in [5, 5.41) is 29.8. The molecule has 79 heavy (non-hydrogen) atoms. The number of benzene rings is 2. The first-order chi connectivity index (χ1) is 38.2. The van der Waals surface area contributed by atoms with Crippen LogP contribution in [0.5, 0.6) is 11.5 Å². The first kappa shape index (κ1) is 52.0. The zero-order valence-corrected chi connectivity index (χ0v) is 48.6. The van der Waals surface area contributed by atoms with Gasteiger partial charge < -0.3 is 35.6 Å². The summed E-state index contributed by atoms with van der Waals surface area (Å²) in [7, 11) is 4.26. The number of amides is 1. The summed E-state index contributed by atoms with van der Waals surface area (Å²) in [4.78, 5) is 36.0. The monoisotopic (exact) mass is 1110 g/mol. The zero-order chi connectivity index (χ0) is 53.6. The van der Waals surface area contributed by atoms with E-state index in [0.29, 0.717) is 79.2 Å². The molecule has 7 aliphatic heterocycles. The van der Waals surface area contributed by atoms with E-state index in [0.717, 1.165) is 93.4 Å². The second-order valence-electron chi connectivity index (χ2n) is 28.9. The van der Waals surface area contributed by atoms with Crippen LogP contribution in [-0.4, -0.2) is 74.0 Å². The number of aryl methyl sites for hydroxylation is 1. The number of guanidine groups is 1. The molecule has 2 aromatic rings. The molecular formula is C67H86N4O6S2. The normalized spacial score (nSPS) is 45.5. The molecule has 18 rings (SSSR count). The highest BCUT2D eigenvalue weighted by Gasteiger charge is 2.66. The van der Waals surface area contributed by atoms with Crippen molar-refractivity contribution in [3.63, 3.8) is 0 Å². The van der Waals surface area contributed by atoms with Crippen LogP contribution in [0, 0.1) is 68.5 Å². The van der Waals surface area contributed by atoms with Crippen molar-refractivity contribution >= 4 is 39.4 Å². The van der Waals surface area contributed by atoms with E-state index in [-0.39, 0.29) is 57.6 Å². The number of carbonyl (C=O) groups is 2. The number of hydrogen-bond acceptors (Lipinski definition) is 11. The van der Waals surface area contributed by atoms with Crippen LogP contribution in [0.25, 0.3) is 0 Å². The number of nitrogens with one attached hydrogen (secondary N) is 1. The van der Waals surface area contributed by atoms with Gasteiger partial charge in [0.1, 0.15) is 16.1 Å². The standard InChI is InChI=1S/C67H86N4O6S2/c1-43(72)76-63-30-15-46-33-48(57(75)58-56(46)47-16-32-66(77-58)24-7-13-50(66)34-47)38-71-42-65(37-55(71)74)52(45-10-3-2-4-11-45)19-29-62(65)21-5-9-44-14-28-61(35-44)22-8-25-67(61,70-59(68)69-41-62)79-78-39-51-18-27-60(53(20-31-63)54(73)36-63)26-17-49-12-6-23-64(49,51)40-60/h2-4,10-11,16,32-33,44,47,49-54,73,75H,6-9,12-15,17-20,22-31,34-42H2,1H3,(H3,68,69,70). The molecule has 1 saturated heterocycles. The molecule has 16 atom stereocenters. The summed E-state index contributed by atoms with van der Waals surface area (Å²) in [6, 6.07) is 13.0. The third kappa shape index (κ3) is 7.91. The van der Waals surface area contributed by atoms with E-state index in [1.807, 2.05) is 4.90 Å². The number of ether oxygens (including phenoxy) is 2. The molecule has 422 valence electrons. The topological polar surface area (TPSA) is 147 Å². The van der Waals surface area contributed by atoms with Gasteiger partial charge in [-0.3, -0.25) is 14.6 Å². The molecule has 9 aliphatic carbocycles. The molecule has 7 heterocycles. The lowest BCUT2D eigenvalue weighted by Gasteiger charge is -2.62. The molecular weight excluding hydrogens is 1020 g/mol. The smallest absolute Gasteiger partial charge is 0.303 e. The van der Waals surface area contributed by atoms with Gasteiger partial charge in [-0.25, -0.2) is 0 Å². The van der Waals surface area contributed by atoms with Gasteiger partial charge in [0.15, 0.2) is 17.5 Å². The van der Waals surface area contributed by atoms with Gasteiger partial charge in [-0.15, -0.1) is 5.92 Å². The number of esters is 1. The summed E-state index contributed by atoms with van der Waals surface area (Å²) in [6.07, 6.45) is 31.3. The minimum atomic E-state index is -0.817. The molecule has 7 spiro atoms. The number of phenols is 1. The van der Waals surface area contributed by atoms with Crippen molar-refractivity contribution < 1.29 is 29.3 Å². The maximum absolute atomic E-state index is 15.3. The van der Waals surface area contributed by atoms with Crippen LogP contribution in [-0.2, 0) is 27.3 Å². The van der Waals surface area contributed by atoms with Gasteiger partial charge in [-0.2, -0.15) is 0 Å². The van der Waals surface area contributed by atoms with Gasteiger partial charge in [0, 0.05) is 78.8 Å². The number of rotatable bonds is 2. The number of allylic oxidation sites excluding steroid dienone is 1. The van der Waals surface area contributed by atoms with Crippen molar-refractivity contribution in [2.24, 2.45) is 67.4 Å². The largest absolute Gasteiger partial charge is 0.504 e. The summed E-state index contributed by atoms with van der Waals surface area (Å²) in [6.45, 7) is 2.71. The number of phenolic OH excluding ortho intramolecular Hbond substituents is 1. The molecule has 15 bridgehead atoms. The maximum atomic E-state index is 15.3.